The van der Waals surface area contributed by atoms with Gasteiger partial charge >= 0.3 is 6.09 Å². The molecule has 0 bridgehead atoms. The van der Waals surface area contributed by atoms with Gasteiger partial charge in [0.25, 0.3) is 0 Å². The van der Waals surface area contributed by atoms with Gasteiger partial charge in [0.05, 0.1) is 6.54 Å². The Morgan fingerprint density at radius 3 is 2.57 bits per heavy atom. The van der Waals surface area contributed by atoms with Crippen molar-refractivity contribution in [2.24, 2.45) is 0 Å². The van der Waals surface area contributed by atoms with Gasteiger partial charge in [0, 0.05) is 12.2 Å². The van der Waals surface area contributed by atoms with Crippen LogP contribution in [-0.2, 0) is 17.8 Å². The third-order valence-corrected chi connectivity index (χ3v) is 3.50. The molecule has 0 saturated carbocycles. The molecule has 2 N–H and O–H groups in total. The second kappa shape index (κ2) is 7.72. The van der Waals surface area contributed by atoms with E-state index in [0.717, 1.165) is 20.8 Å². The lowest BCUT2D eigenvalue weighted by molar-refractivity contribution is 0.0523. The van der Waals surface area contributed by atoms with Crippen LogP contribution in [-0.4, -0.2) is 11.7 Å². The maximum Gasteiger partial charge on any atom is 0.407 e. The number of amides is 1. The maximum atomic E-state index is 11.8. The van der Waals surface area contributed by atoms with Gasteiger partial charge in [0.1, 0.15) is 11.4 Å². The number of alkyl carbamates (subject to hydrolysis) is 1. The number of nitrogens with one attached hydrogen (secondary N) is 2. The molecule has 0 unspecified atom stereocenters. The molecule has 1 aromatic heterocycles. The summed E-state index contributed by atoms with van der Waals surface area (Å²) in [5.74, 6) is 0.865. The van der Waals surface area contributed by atoms with Gasteiger partial charge < -0.3 is 19.8 Å². The number of carbonyl (C=O) groups is 1. The number of carbonyl (C=O) groups excluding carboxylic acids is 1. The summed E-state index contributed by atoms with van der Waals surface area (Å²) in [7, 11) is 0. The van der Waals surface area contributed by atoms with E-state index in [4.69, 9.17) is 9.15 Å². The molecule has 5 nitrogen and oxygen atoms in total. The van der Waals surface area contributed by atoms with Crippen LogP contribution in [0.25, 0.3) is 0 Å². The number of para-hydroxylation sites is 1. The van der Waals surface area contributed by atoms with E-state index in [1.807, 2.05) is 57.2 Å². The zero-order valence-electron chi connectivity index (χ0n) is 13.5. The fourth-order valence-electron chi connectivity index (χ4n) is 1.96. The predicted octanol–water partition coefficient (Wildman–Crippen LogP) is 4.52. The molecule has 124 valence electrons. The highest BCUT2D eigenvalue weighted by atomic mass is 127. The predicted molar refractivity (Wildman–Crippen MR) is 98.3 cm³/mol. The lowest BCUT2D eigenvalue weighted by Crippen LogP contribution is -2.32. The van der Waals surface area contributed by atoms with E-state index < -0.39 is 11.7 Å². The van der Waals surface area contributed by atoms with Crippen LogP contribution in [0, 0.1) is 3.77 Å². The van der Waals surface area contributed by atoms with Crippen LogP contribution in [0.4, 0.5) is 10.5 Å². The largest absolute Gasteiger partial charge is 0.454 e. The molecular weight excluding hydrogens is 407 g/mol. The maximum absolute atomic E-state index is 11.8. The lowest BCUT2D eigenvalue weighted by atomic mass is 10.1. The molecule has 0 aliphatic rings. The van der Waals surface area contributed by atoms with Gasteiger partial charge in [-0.05, 0) is 67.1 Å². The number of benzene rings is 1. The van der Waals surface area contributed by atoms with Crippen LogP contribution in [0.15, 0.2) is 40.8 Å². The first kappa shape index (κ1) is 17.7. The first-order valence-electron chi connectivity index (χ1n) is 7.36. The molecule has 23 heavy (non-hydrogen) atoms. The number of halogens is 1. The Kier molecular flexibility index (Phi) is 5.92. The lowest BCUT2D eigenvalue weighted by Gasteiger charge is -2.20. The number of ether oxygens (including phenoxy) is 1. The van der Waals surface area contributed by atoms with Crippen LogP contribution in [0.3, 0.4) is 0 Å². The summed E-state index contributed by atoms with van der Waals surface area (Å²) in [5.41, 5.74) is 1.44. The van der Waals surface area contributed by atoms with E-state index in [-0.39, 0.29) is 0 Å². The summed E-state index contributed by atoms with van der Waals surface area (Å²) in [6.07, 6.45) is -0.423. The van der Waals surface area contributed by atoms with Crippen molar-refractivity contribution in [2.75, 3.05) is 5.32 Å². The summed E-state index contributed by atoms with van der Waals surface area (Å²) >= 11 is 2.14. The van der Waals surface area contributed by atoms with Gasteiger partial charge in [-0.25, -0.2) is 4.79 Å². The molecule has 0 radical (unpaired) electrons. The van der Waals surface area contributed by atoms with Crippen molar-refractivity contribution in [1.29, 1.82) is 0 Å². The Morgan fingerprint density at radius 2 is 1.91 bits per heavy atom. The Labute approximate surface area is 149 Å². The number of hydrogen-bond acceptors (Lipinski definition) is 4. The normalized spacial score (nSPS) is 11.1. The van der Waals surface area contributed by atoms with Crippen molar-refractivity contribution < 1.29 is 13.9 Å². The summed E-state index contributed by atoms with van der Waals surface area (Å²) < 4.78 is 11.6. The van der Waals surface area contributed by atoms with Gasteiger partial charge in [0.2, 0.25) is 0 Å². The summed E-state index contributed by atoms with van der Waals surface area (Å²) in [5, 5.41) is 6.10. The Balaban J connectivity index is 1.93. The number of hydrogen-bond donors (Lipinski definition) is 2. The van der Waals surface area contributed by atoms with Gasteiger partial charge in [-0.1, -0.05) is 18.2 Å². The molecule has 1 amide bonds. The van der Waals surface area contributed by atoms with Crippen LogP contribution < -0.4 is 10.6 Å². The zero-order valence-corrected chi connectivity index (χ0v) is 15.6. The van der Waals surface area contributed by atoms with Crippen molar-refractivity contribution in [3.05, 3.63) is 51.5 Å². The molecule has 6 heteroatoms. The summed E-state index contributed by atoms with van der Waals surface area (Å²) in [4.78, 5) is 11.8. The van der Waals surface area contributed by atoms with Gasteiger partial charge in [0.15, 0.2) is 3.77 Å². The minimum atomic E-state index is -0.502. The molecule has 0 fully saturated rings. The van der Waals surface area contributed by atoms with Crippen molar-refractivity contribution in [1.82, 2.24) is 5.32 Å². The first-order chi connectivity index (χ1) is 10.8. The van der Waals surface area contributed by atoms with Gasteiger partial charge in [-0.3, -0.25) is 0 Å². The molecule has 0 saturated heterocycles. The molecule has 0 atom stereocenters. The average Bonchev–Trinajstić information content (AvgIpc) is 2.87. The third kappa shape index (κ3) is 6.13. The van der Waals surface area contributed by atoms with Crippen molar-refractivity contribution in [2.45, 2.75) is 39.5 Å². The van der Waals surface area contributed by atoms with Crippen LogP contribution >= 0.6 is 22.6 Å². The second-order valence-electron chi connectivity index (χ2n) is 6.07. The number of furan rings is 1. The molecule has 2 rings (SSSR count). The highest BCUT2D eigenvalue weighted by molar-refractivity contribution is 14.1. The molecule has 0 aliphatic carbocycles. The minimum absolute atomic E-state index is 0.397. The molecular formula is C17H21IN2O3. The van der Waals surface area contributed by atoms with Gasteiger partial charge in [-0.2, -0.15) is 0 Å². The first-order valence-corrected chi connectivity index (χ1v) is 8.44. The Bertz CT molecular complexity index is 662. The number of rotatable bonds is 5. The smallest absolute Gasteiger partial charge is 0.407 e. The Hall–Kier alpha value is -1.70. The second-order valence-corrected chi connectivity index (χ2v) is 7.14. The molecule has 1 heterocycles. The topological polar surface area (TPSA) is 63.5 Å². The van der Waals surface area contributed by atoms with Crippen LogP contribution in [0.2, 0.25) is 0 Å². The van der Waals surface area contributed by atoms with E-state index in [2.05, 4.69) is 33.2 Å². The molecule has 1 aromatic carbocycles. The number of anilines is 1. The molecule has 0 spiro atoms. The minimum Gasteiger partial charge on any atom is -0.454 e. The van der Waals surface area contributed by atoms with Crippen molar-refractivity contribution >= 4 is 34.4 Å². The van der Waals surface area contributed by atoms with Crippen LogP contribution in [0.5, 0.6) is 0 Å². The quantitative estimate of drug-likeness (QED) is 0.688. The standard InChI is InChI=1S/C17H21IN2O3/c1-17(2,3)23-16(21)20-10-12-6-4-5-7-14(12)19-11-13-8-9-15(18)22-13/h4-9,19H,10-11H2,1-3H3,(H,20,21). The molecule has 2 aromatic rings. The van der Waals surface area contributed by atoms with E-state index in [9.17, 15) is 4.79 Å². The summed E-state index contributed by atoms with van der Waals surface area (Å²) in [6.45, 7) is 6.51. The summed E-state index contributed by atoms with van der Waals surface area (Å²) in [6, 6.07) is 11.7. The Morgan fingerprint density at radius 1 is 1.17 bits per heavy atom. The van der Waals surface area contributed by atoms with E-state index >= 15 is 0 Å². The van der Waals surface area contributed by atoms with Gasteiger partial charge in [-0.15, -0.1) is 0 Å². The highest BCUT2D eigenvalue weighted by Crippen LogP contribution is 2.18. The van der Waals surface area contributed by atoms with E-state index in [1.54, 1.807) is 0 Å². The van der Waals surface area contributed by atoms with E-state index in [0.29, 0.717) is 13.1 Å². The third-order valence-electron chi connectivity index (χ3n) is 2.92. The van der Waals surface area contributed by atoms with Crippen molar-refractivity contribution in [3.63, 3.8) is 0 Å². The monoisotopic (exact) mass is 428 g/mol. The fraction of sp³-hybridized carbons (Fsp3) is 0.353. The highest BCUT2D eigenvalue weighted by Gasteiger charge is 2.16. The SMILES string of the molecule is CC(C)(C)OC(=O)NCc1ccccc1NCc1ccc(I)o1. The fourth-order valence-corrected chi connectivity index (χ4v) is 2.42. The van der Waals surface area contributed by atoms with Crippen LogP contribution in [0.1, 0.15) is 32.1 Å². The van der Waals surface area contributed by atoms with E-state index in [1.165, 1.54) is 0 Å². The van der Waals surface area contributed by atoms with Crippen molar-refractivity contribution in [3.8, 4) is 0 Å². The average molecular weight is 428 g/mol. The zero-order chi connectivity index (χ0) is 16.9. The molecule has 0 aliphatic heterocycles.